The SMILES string of the molecule is CC(C)N1C(=O)CC(NC(=O)c2ccc(-c3ccccc3)[nH]2)C1=O. The maximum atomic E-state index is 12.3. The van der Waals surface area contributed by atoms with E-state index >= 15 is 0 Å². The van der Waals surface area contributed by atoms with Gasteiger partial charge in [-0.1, -0.05) is 30.3 Å². The number of carbonyl (C=O) groups excluding carboxylic acids is 3. The molecule has 6 nitrogen and oxygen atoms in total. The molecule has 0 bridgehead atoms. The second kappa shape index (κ2) is 6.31. The summed E-state index contributed by atoms with van der Waals surface area (Å²) in [7, 11) is 0. The minimum Gasteiger partial charge on any atom is -0.351 e. The number of likely N-dealkylation sites (tertiary alicyclic amines) is 1. The molecular weight excluding hydrogens is 306 g/mol. The predicted octanol–water partition coefficient (Wildman–Crippen LogP) is 1.95. The molecule has 1 fully saturated rings. The van der Waals surface area contributed by atoms with Gasteiger partial charge in [0.15, 0.2) is 0 Å². The number of nitrogens with zero attached hydrogens (tertiary/aromatic N) is 1. The Hall–Kier alpha value is -2.89. The molecule has 0 radical (unpaired) electrons. The van der Waals surface area contributed by atoms with E-state index in [1.807, 2.05) is 36.4 Å². The quantitative estimate of drug-likeness (QED) is 0.843. The highest BCUT2D eigenvalue weighted by molar-refractivity contribution is 6.08. The lowest BCUT2D eigenvalue weighted by molar-refractivity contribution is -0.140. The van der Waals surface area contributed by atoms with Gasteiger partial charge in [0.25, 0.3) is 11.8 Å². The average Bonchev–Trinajstić information content (AvgIpc) is 3.14. The van der Waals surface area contributed by atoms with Gasteiger partial charge in [-0.05, 0) is 31.5 Å². The number of hydrogen-bond acceptors (Lipinski definition) is 3. The van der Waals surface area contributed by atoms with Gasteiger partial charge in [-0.25, -0.2) is 0 Å². The molecule has 1 aromatic carbocycles. The van der Waals surface area contributed by atoms with Gasteiger partial charge < -0.3 is 10.3 Å². The summed E-state index contributed by atoms with van der Waals surface area (Å²) in [5, 5.41) is 2.64. The van der Waals surface area contributed by atoms with E-state index in [0.717, 1.165) is 11.3 Å². The molecule has 1 aliphatic heterocycles. The Morgan fingerprint density at radius 2 is 1.88 bits per heavy atom. The standard InChI is InChI=1S/C18H19N3O3/c1-11(2)21-16(22)10-15(18(21)24)20-17(23)14-9-8-13(19-14)12-6-4-3-5-7-12/h3-9,11,15,19H,10H2,1-2H3,(H,20,23). The van der Waals surface area contributed by atoms with E-state index in [4.69, 9.17) is 0 Å². The van der Waals surface area contributed by atoms with Gasteiger partial charge in [-0.3, -0.25) is 19.3 Å². The van der Waals surface area contributed by atoms with Crippen LogP contribution in [0.2, 0.25) is 0 Å². The van der Waals surface area contributed by atoms with Crippen LogP contribution < -0.4 is 5.32 Å². The molecule has 2 heterocycles. The van der Waals surface area contributed by atoms with Gasteiger partial charge in [0.2, 0.25) is 5.91 Å². The van der Waals surface area contributed by atoms with E-state index in [1.165, 1.54) is 4.90 Å². The number of aromatic nitrogens is 1. The normalized spacial score (nSPS) is 17.6. The van der Waals surface area contributed by atoms with Crippen LogP contribution in [-0.2, 0) is 9.59 Å². The summed E-state index contributed by atoms with van der Waals surface area (Å²) < 4.78 is 0. The fourth-order valence-electron chi connectivity index (χ4n) is 2.86. The zero-order valence-corrected chi connectivity index (χ0v) is 13.6. The zero-order valence-electron chi connectivity index (χ0n) is 13.6. The van der Waals surface area contributed by atoms with Crippen molar-refractivity contribution < 1.29 is 14.4 Å². The minimum atomic E-state index is -0.795. The number of H-pyrrole nitrogens is 1. The Kier molecular flexibility index (Phi) is 4.20. The largest absolute Gasteiger partial charge is 0.351 e. The molecule has 124 valence electrons. The second-order valence-electron chi connectivity index (χ2n) is 6.08. The molecule has 1 atom stereocenters. The van der Waals surface area contributed by atoms with Crippen molar-refractivity contribution in [2.45, 2.75) is 32.4 Å². The average molecular weight is 325 g/mol. The highest BCUT2D eigenvalue weighted by Crippen LogP contribution is 2.19. The van der Waals surface area contributed by atoms with Crippen LogP contribution in [0.25, 0.3) is 11.3 Å². The molecule has 6 heteroatoms. The molecule has 3 amide bonds. The number of imide groups is 1. The molecular formula is C18H19N3O3. The van der Waals surface area contributed by atoms with Gasteiger partial charge >= 0.3 is 0 Å². The maximum absolute atomic E-state index is 12.3. The fraction of sp³-hybridized carbons (Fsp3) is 0.278. The van der Waals surface area contributed by atoms with Crippen molar-refractivity contribution in [3.63, 3.8) is 0 Å². The van der Waals surface area contributed by atoms with E-state index in [-0.39, 0.29) is 24.3 Å². The Morgan fingerprint density at radius 3 is 2.50 bits per heavy atom. The van der Waals surface area contributed by atoms with Gasteiger partial charge in [0, 0.05) is 11.7 Å². The van der Waals surface area contributed by atoms with Crippen LogP contribution in [0, 0.1) is 0 Å². The number of nitrogens with one attached hydrogen (secondary N) is 2. The molecule has 1 aromatic heterocycles. The van der Waals surface area contributed by atoms with E-state index in [2.05, 4.69) is 10.3 Å². The Bertz CT molecular complexity index is 780. The van der Waals surface area contributed by atoms with Crippen molar-refractivity contribution in [3.05, 3.63) is 48.2 Å². The van der Waals surface area contributed by atoms with Crippen molar-refractivity contribution in [2.24, 2.45) is 0 Å². The van der Waals surface area contributed by atoms with E-state index in [9.17, 15) is 14.4 Å². The first kappa shape index (κ1) is 16.0. The van der Waals surface area contributed by atoms with E-state index in [1.54, 1.807) is 19.9 Å². The van der Waals surface area contributed by atoms with Gasteiger partial charge in [-0.2, -0.15) is 0 Å². The molecule has 0 spiro atoms. The van der Waals surface area contributed by atoms with Crippen LogP contribution in [0.3, 0.4) is 0 Å². The summed E-state index contributed by atoms with van der Waals surface area (Å²) in [5.74, 6) is -0.996. The number of benzene rings is 1. The van der Waals surface area contributed by atoms with Gasteiger partial charge in [0.05, 0.1) is 6.42 Å². The summed E-state index contributed by atoms with van der Waals surface area (Å²) in [6.45, 7) is 3.55. The summed E-state index contributed by atoms with van der Waals surface area (Å²) >= 11 is 0. The third-order valence-corrected chi connectivity index (χ3v) is 4.02. The van der Waals surface area contributed by atoms with Crippen LogP contribution in [0.15, 0.2) is 42.5 Å². The number of amides is 3. The van der Waals surface area contributed by atoms with E-state index in [0.29, 0.717) is 5.69 Å². The molecule has 0 saturated carbocycles. The predicted molar refractivity (Wildman–Crippen MR) is 89.1 cm³/mol. The third kappa shape index (κ3) is 2.95. The fourth-order valence-corrected chi connectivity index (χ4v) is 2.86. The zero-order chi connectivity index (χ0) is 17.3. The Morgan fingerprint density at radius 1 is 1.17 bits per heavy atom. The van der Waals surface area contributed by atoms with Crippen LogP contribution in [0.5, 0.6) is 0 Å². The lowest BCUT2D eigenvalue weighted by atomic mass is 10.2. The Balaban J connectivity index is 1.71. The Labute approximate surface area is 139 Å². The van der Waals surface area contributed by atoms with Crippen LogP contribution in [-0.4, -0.2) is 39.7 Å². The smallest absolute Gasteiger partial charge is 0.268 e. The highest BCUT2D eigenvalue weighted by atomic mass is 16.2. The maximum Gasteiger partial charge on any atom is 0.268 e. The minimum absolute atomic E-state index is 0.00893. The summed E-state index contributed by atoms with van der Waals surface area (Å²) in [6, 6.07) is 12.1. The first-order chi connectivity index (χ1) is 11.5. The number of aromatic amines is 1. The first-order valence-electron chi connectivity index (χ1n) is 7.88. The molecule has 2 aromatic rings. The van der Waals surface area contributed by atoms with Crippen molar-refractivity contribution in [1.82, 2.24) is 15.2 Å². The topological polar surface area (TPSA) is 82.3 Å². The lowest BCUT2D eigenvalue weighted by Gasteiger charge is -2.19. The molecule has 1 unspecified atom stereocenters. The summed E-state index contributed by atoms with van der Waals surface area (Å²) in [6.07, 6.45) is 0.00893. The monoisotopic (exact) mass is 325 g/mol. The summed E-state index contributed by atoms with van der Waals surface area (Å²) in [4.78, 5) is 40.7. The van der Waals surface area contributed by atoms with Crippen molar-refractivity contribution >= 4 is 17.7 Å². The van der Waals surface area contributed by atoms with Crippen molar-refractivity contribution in [3.8, 4) is 11.3 Å². The molecule has 3 rings (SSSR count). The number of rotatable bonds is 4. The number of carbonyl (C=O) groups is 3. The molecule has 0 aliphatic carbocycles. The van der Waals surface area contributed by atoms with E-state index < -0.39 is 11.9 Å². The third-order valence-electron chi connectivity index (χ3n) is 4.02. The van der Waals surface area contributed by atoms with Crippen LogP contribution in [0.4, 0.5) is 0 Å². The molecule has 1 aliphatic rings. The first-order valence-corrected chi connectivity index (χ1v) is 7.88. The second-order valence-corrected chi connectivity index (χ2v) is 6.08. The van der Waals surface area contributed by atoms with Crippen LogP contribution in [0.1, 0.15) is 30.8 Å². The lowest BCUT2D eigenvalue weighted by Crippen LogP contribution is -2.43. The molecule has 24 heavy (non-hydrogen) atoms. The van der Waals surface area contributed by atoms with Crippen molar-refractivity contribution in [1.29, 1.82) is 0 Å². The van der Waals surface area contributed by atoms with Crippen LogP contribution >= 0.6 is 0 Å². The summed E-state index contributed by atoms with van der Waals surface area (Å²) in [5.41, 5.74) is 2.14. The number of hydrogen-bond donors (Lipinski definition) is 2. The van der Waals surface area contributed by atoms with Crippen molar-refractivity contribution in [2.75, 3.05) is 0 Å². The van der Waals surface area contributed by atoms with Gasteiger partial charge in [-0.15, -0.1) is 0 Å². The molecule has 1 saturated heterocycles. The molecule has 2 N–H and O–H groups in total. The van der Waals surface area contributed by atoms with Gasteiger partial charge in [0.1, 0.15) is 11.7 Å². The highest BCUT2D eigenvalue weighted by Gasteiger charge is 2.40.